The van der Waals surface area contributed by atoms with Gasteiger partial charge in [0.15, 0.2) is 17.5 Å². The second kappa shape index (κ2) is 5.77. The van der Waals surface area contributed by atoms with Crippen LogP contribution in [0.15, 0.2) is 12.1 Å². The van der Waals surface area contributed by atoms with Gasteiger partial charge in [0.25, 0.3) is 0 Å². The molecule has 1 saturated carbocycles. The zero-order valence-electron chi connectivity index (χ0n) is 11.5. The van der Waals surface area contributed by atoms with Crippen molar-refractivity contribution in [1.82, 2.24) is 10.3 Å². The first-order valence-electron chi connectivity index (χ1n) is 6.95. The molecule has 1 N–H and O–H groups in total. The predicted octanol–water partition coefficient (Wildman–Crippen LogP) is 4.21. The van der Waals surface area contributed by atoms with Crippen LogP contribution in [0.1, 0.15) is 36.3 Å². The number of nitrogens with zero attached hydrogens (tertiary/aromatic N) is 1. The molecular weight excluding hydrogens is 297 g/mol. The van der Waals surface area contributed by atoms with Crippen molar-refractivity contribution in [3.8, 4) is 10.6 Å². The lowest BCUT2D eigenvalue weighted by Gasteiger charge is -2.00. The summed E-state index contributed by atoms with van der Waals surface area (Å²) in [6.45, 7) is 3.56. The van der Waals surface area contributed by atoms with Crippen LogP contribution in [0.4, 0.5) is 13.2 Å². The van der Waals surface area contributed by atoms with Gasteiger partial charge in [-0.05, 0) is 31.5 Å². The van der Waals surface area contributed by atoms with Crippen LogP contribution >= 0.6 is 11.3 Å². The number of nitrogens with one attached hydrogen (secondary N) is 1. The van der Waals surface area contributed by atoms with Gasteiger partial charge in [-0.15, -0.1) is 11.3 Å². The van der Waals surface area contributed by atoms with Crippen molar-refractivity contribution in [3.63, 3.8) is 0 Å². The van der Waals surface area contributed by atoms with E-state index >= 15 is 0 Å². The van der Waals surface area contributed by atoms with Gasteiger partial charge in [0.1, 0.15) is 5.01 Å². The number of thiazole rings is 1. The SMILES string of the molecule is CCNCc1sc(-c2cc(F)c(F)c(F)c2)nc1C1CC1. The quantitative estimate of drug-likeness (QED) is 0.836. The molecule has 112 valence electrons. The second-order valence-corrected chi connectivity index (χ2v) is 6.22. The normalized spacial score (nSPS) is 14.7. The second-order valence-electron chi connectivity index (χ2n) is 5.14. The van der Waals surface area contributed by atoms with Crippen molar-refractivity contribution < 1.29 is 13.2 Å². The minimum absolute atomic E-state index is 0.293. The molecule has 1 aliphatic carbocycles. The molecule has 0 unspecified atom stereocenters. The number of halogens is 3. The Morgan fingerprint density at radius 1 is 1.24 bits per heavy atom. The largest absolute Gasteiger partial charge is 0.312 e. The standard InChI is InChI=1S/C15H15F3N2S/c1-2-19-7-12-14(8-3-4-8)20-15(21-12)9-5-10(16)13(18)11(17)6-9/h5-6,8,19H,2-4,7H2,1H3. The number of hydrogen-bond donors (Lipinski definition) is 1. The van der Waals surface area contributed by atoms with Crippen molar-refractivity contribution in [1.29, 1.82) is 0 Å². The van der Waals surface area contributed by atoms with Crippen LogP contribution in [0, 0.1) is 17.5 Å². The molecule has 0 atom stereocenters. The Labute approximate surface area is 125 Å². The predicted molar refractivity (Wildman–Crippen MR) is 76.8 cm³/mol. The summed E-state index contributed by atoms with van der Waals surface area (Å²) in [5.41, 5.74) is 1.31. The van der Waals surface area contributed by atoms with Crippen molar-refractivity contribution >= 4 is 11.3 Å². The fourth-order valence-corrected chi connectivity index (χ4v) is 3.31. The van der Waals surface area contributed by atoms with Gasteiger partial charge in [0.2, 0.25) is 0 Å². The number of benzene rings is 1. The van der Waals surface area contributed by atoms with Crippen LogP contribution < -0.4 is 5.32 Å². The molecule has 3 rings (SSSR count). The zero-order chi connectivity index (χ0) is 15.0. The van der Waals surface area contributed by atoms with Gasteiger partial charge in [-0.1, -0.05) is 6.92 Å². The third-order valence-corrected chi connectivity index (χ3v) is 4.58. The number of hydrogen-bond acceptors (Lipinski definition) is 3. The molecule has 0 saturated heterocycles. The van der Waals surface area contributed by atoms with Crippen LogP contribution in [-0.4, -0.2) is 11.5 Å². The Balaban J connectivity index is 1.98. The van der Waals surface area contributed by atoms with Crippen molar-refractivity contribution in [2.45, 2.75) is 32.2 Å². The molecule has 21 heavy (non-hydrogen) atoms. The van der Waals surface area contributed by atoms with Crippen molar-refractivity contribution in [2.75, 3.05) is 6.54 Å². The molecular formula is C15H15F3N2S. The smallest absolute Gasteiger partial charge is 0.194 e. The van der Waals surface area contributed by atoms with E-state index in [1.807, 2.05) is 6.92 Å². The number of rotatable bonds is 5. The molecule has 1 aromatic carbocycles. The number of aromatic nitrogens is 1. The molecule has 0 bridgehead atoms. The van der Waals surface area contributed by atoms with Crippen molar-refractivity contribution in [3.05, 3.63) is 40.2 Å². The molecule has 1 fully saturated rings. The van der Waals surface area contributed by atoms with Crippen LogP contribution in [0.3, 0.4) is 0 Å². The summed E-state index contributed by atoms with van der Waals surface area (Å²) in [6, 6.07) is 2.01. The molecule has 1 aromatic heterocycles. The first kappa shape index (κ1) is 14.5. The fourth-order valence-electron chi connectivity index (χ4n) is 2.21. The molecule has 0 spiro atoms. The van der Waals surface area contributed by atoms with Gasteiger partial charge in [0.05, 0.1) is 5.69 Å². The Morgan fingerprint density at radius 2 is 1.90 bits per heavy atom. The molecule has 0 radical (unpaired) electrons. The fraction of sp³-hybridized carbons (Fsp3) is 0.400. The van der Waals surface area contributed by atoms with Crippen LogP contribution in [-0.2, 0) is 6.54 Å². The zero-order valence-corrected chi connectivity index (χ0v) is 12.4. The highest BCUT2D eigenvalue weighted by Gasteiger charge is 2.30. The van der Waals surface area contributed by atoms with Gasteiger partial charge in [-0.3, -0.25) is 0 Å². The first-order chi connectivity index (χ1) is 10.1. The average molecular weight is 312 g/mol. The first-order valence-corrected chi connectivity index (χ1v) is 7.77. The van der Waals surface area contributed by atoms with Gasteiger partial charge >= 0.3 is 0 Å². The van der Waals surface area contributed by atoms with E-state index in [0.29, 0.717) is 23.0 Å². The maximum Gasteiger partial charge on any atom is 0.194 e. The third kappa shape index (κ3) is 2.96. The Bertz CT molecular complexity index is 642. The minimum atomic E-state index is -1.44. The summed E-state index contributed by atoms with van der Waals surface area (Å²) in [5.74, 6) is -3.34. The maximum atomic E-state index is 13.4. The minimum Gasteiger partial charge on any atom is -0.312 e. The van der Waals surface area contributed by atoms with Crippen LogP contribution in [0.2, 0.25) is 0 Å². The van der Waals surface area contributed by atoms with Gasteiger partial charge in [0, 0.05) is 22.9 Å². The van der Waals surface area contributed by atoms with Crippen LogP contribution in [0.25, 0.3) is 10.6 Å². The van der Waals surface area contributed by atoms with E-state index in [0.717, 1.165) is 42.1 Å². The molecule has 1 heterocycles. The van der Waals surface area contributed by atoms with E-state index < -0.39 is 17.5 Å². The van der Waals surface area contributed by atoms with E-state index in [9.17, 15) is 13.2 Å². The van der Waals surface area contributed by atoms with Gasteiger partial charge < -0.3 is 5.32 Å². The highest BCUT2D eigenvalue weighted by atomic mass is 32.1. The summed E-state index contributed by atoms with van der Waals surface area (Å²) in [5, 5.41) is 3.79. The average Bonchev–Trinajstić information content (AvgIpc) is 3.22. The summed E-state index contributed by atoms with van der Waals surface area (Å²) < 4.78 is 39.8. The van der Waals surface area contributed by atoms with E-state index in [4.69, 9.17) is 0 Å². The summed E-state index contributed by atoms with van der Waals surface area (Å²) in [6.07, 6.45) is 2.21. The topological polar surface area (TPSA) is 24.9 Å². The highest BCUT2D eigenvalue weighted by Crippen LogP contribution is 2.44. The van der Waals surface area contributed by atoms with Crippen molar-refractivity contribution in [2.24, 2.45) is 0 Å². The molecule has 6 heteroatoms. The lowest BCUT2D eigenvalue weighted by atomic mass is 10.2. The summed E-state index contributed by atoms with van der Waals surface area (Å²) >= 11 is 1.41. The van der Waals surface area contributed by atoms with E-state index in [2.05, 4.69) is 10.3 Å². The summed E-state index contributed by atoms with van der Waals surface area (Å²) in [7, 11) is 0. The van der Waals surface area contributed by atoms with Gasteiger partial charge in [-0.25, -0.2) is 18.2 Å². The molecule has 1 aliphatic rings. The van der Waals surface area contributed by atoms with E-state index in [1.165, 1.54) is 11.3 Å². The Hall–Kier alpha value is -1.40. The lowest BCUT2D eigenvalue weighted by Crippen LogP contribution is -2.11. The van der Waals surface area contributed by atoms with E-state index in [1.54, 1.807) is 0 Å². The summed E-state index contributed by atoms with van der Waals surface area (Å²) in [4.78, 5) is 5.63. The third-order valence-electron chi connectivity index (χ3n) is 3.46. The molecule has 2 aromatic rings. The maximum absolute atomic E-state index is 13.4. The monoisotopic (exact) mass is 312 g/mol. The van der Waals surface area contributed by atoms with E-state index in [-0.39, 0.29) is 0 Å². The highest BCUT2D eigenvalue weighted by molar-refractivity contribution is 7.15. The van der Waals surface area contributed by atoms with Crippen LogP contribution in [0.5, 0.6) is 0 Å². The van der Waals surface area contributed by atoms with Gasteiger partial charge in [-0.2, -0.15) is 0 Å². The molecule has 0 amide bonds. The Morgan fingerprint density at radius 3 is 2.48 bits per heavy atom. The molecule has 2 nitrogen and oxygen atoms in total. The lowest BCUT2D eigenvalue weighted by molar-refractivity contribution is 0.447. The Kier molecular flexibility index (Phi) is 3.99. The molecule has 0 aliphatic heterocycles.